The molecule has 0 saturated heterocycles. The third kappa shape index (κ3) is 1.63. The van der Waals surface area contributed by atoms with E-state index >= 15 is 0 Å². The molecule has 0 heterocycles. The van der Waals surface area contributed by atoms with E-state index in [0.29, 0.717) is 0 Å². The minimum absolute atomic E-state index is 1.08. The lowest BCUT2D eigenvalue weighted by Gasteiger charge is -2.11. The van der Waals surface area contributed by atoms with Crippen molar-refractivity contribution in [2.45, 2.75) is 25.7 Å². The molecule has 0 N–H and O–H groups in total. The third-order valence-corrected chi connectivity index (χ3v) is 5.95. The maximum Gasteiger partial charge on any atom is -0.000753 e. The zero-order valence-electron chi connectivity index (χ0n) is 13.6. The molecule has 0 spiro atoms. The van der Waals surface area contributed by atoms with Crippen LogP contribution in [0.5, 0.6) is 0 Å². The highest BCUT2D eigenvalue weighted by Gasteiger charge is 2.39. The van der Waals surface area contributed by atoms with Gasteiger partial charge in [-0.25, -0.2) is 0 Å². The lowest BCUT2D eigenvalue weighted by Crippen LogP contribution is -1.93. The van der Waals surface area contributed by atoms with Crippen LogP contribution in [0, 0.1) is 0 Å². The number of rotatable bonds is 0. The molecule has 24 heavy (non-hydrogen) atoms. The first-order chi connectivity index (χ1) is 11.9. The molecule has 1 saturated carbocycles. The molecule has 0 heteroatoms. The van der Waals surface area contributed by atoms with Gasteiger partial charge >= 0.3 is 0 Å². The first-order valence-corrected chi connectivity index (χ1v) is 8.89. The highest BCUT2D eigenvalue weighted by atomic mass is 14.4. The van der Waals surface area contributed by atoms with Gasteiger partial charge in [-0.15, -0.1) is 0 Å². The number of allylic oxidation sites excluding steroid dienone is 20. The predicted octanol–water partition coefficient (Wildman–Crippen LogP) is 5.89. The maximum atomic E-state index is 2.46. The van der Waals surface area contributed by atoms with E-state index in [0.717, 1.165) is 25.7 Å². The first kappa shape index (κ1) is 12.8. The zero-order chi connectivity index (χ0) is 15.7. The van der Waals surface area contributed by atoms with Gasteiger partial charge in [0.05, 0.1) is 0 Å². The molecule has 0 aromatic heterocycles. The average molecular weight is 306 g/mol. The Morgan fingerprint density at radius 1 is 0.458 bits per heavy atom. The lowest BCUT2D eigenvalue weighted by molar-refractivity contribution is 1.06. The summed E-state index contributed by atoms with van der Waals surface area (Å²) in [5.41, 5.74) is 15.3. The van der Waals surface area contributed by atoms with Crippen LogP contribution in [0.3, 0.4) is 0 Å². The smallest absolute Gasteiger partial charge is 0.000753 e. The van der Waals surface area contributed by atoms with Gasteiger partial charge in [-0.2, -0.15) is 0 Å². The Hall–Kier alpha value is -2.60. The summed E-state index contributed by atoms with van der Waals surface area (Å²) in [7, 11) is 0. The molecule has 1 fully saturated rings. The van der Waals surface area contributed by atoms with Gasteiger partial charge in [0.2, 0.25) is 0 Å². The Balaban J connectivity index is 1.66. The molecular formula is C24H18. The molecule has 0 aromatic carbocycles. The molecule has 0 radical (unpaired) electrons. The van der Waals surface area contributed by atoms with E-state index in [1.165, 1.54) is 22.3 Å². The minimum atomic E-state index is 1.08. The fourth-order valence-electron chi connectivity index (χ4n) is 4.98. The van der Waals surface area contributed by atoms with Crippen molar-refractivity contribution in [2.24, 2.45) is 0 Å². The van der Waals surface area contributed by atoms with E-state index in [1.54, 1.807) is 33.4 Å². The van der Waals surface area contributed by atoms with Crippen molar-refractivity contribution in [3.8, 4) is 0 Å². The molecule has 0 aliphatic heterocycles. The lowest BCUT2D eigenvalue weighted by atomic mass is 9.92. The van der Waals surface area contributed by atoms with Crippen molar-refractivity contribution in [1.82, 2.24) is 0 Å². The fraction of sp³-hybridized carbons (Fsp3) is 0.167. The van der Waals surface area contributed by atoms with E-state index in [2.05, 4.69) is 60.8 Å². The molecule has 4 bridgehead atoms. The third-order valence-electron chi connectivity index (χ3n) is 5.95. The second kappa shape index (κ2) is 4.48. The van der Waals surface area contributed by atoms with Crippen molar-refractivity contribution in [3.05, 3.63) is 116 Å². The van der Waals surface area contributed by atoms with Gasteiger partial charge in [-0.1, -0.05) is 60.8 Å². The normalized spacial score (nSPS) is 25.7. The largest absolute Gasteiger partial charge is 0.0620 e. The number of fused-ring (bicyclic) bond motifs is 6. The van der Waals surface area contributed by atoms with Gasteiger partial charge in [0.15, 0.2) is 0 Å². The van der Waals surface area contributed by atoms with Crippen molar-refractivity contribution < 1.29 is 0 Å². The van der Waals surface area contributed by atoms with E-state index in [-0.39, 0.29) is 0 Å². The minimum Gasteiger partial charge on any atom is -0.0620 e. The van der Waals surface area contributed by atoms with Gasteiger partial charge in [-0.05, 0) is 81.4 Å². The van der Waals surface area contributed by atoms with E-state index < -0.39 is 0 Å². The Bertz CT molecular complexity index is 932. The number of hydrogen-bond donors (Lipinski definition) is 0. The molecule has 0 unspecified atom stereocenters. The van der Waals surface area contributed by atoms with E-state index in [9.17, 15) is 0 Å². The van der Waals surface area contributed by atoms with Gasteiger partial charge in [0, 0.05) is 0 Å². The maximum absolute atomic E-state index is 2.46. The predicted molar refractivity (Wildman–Crippen MR) is 99.3 cm³/mol. The summed E-state index contributed by atoms with van der Waals surface area (Å²) in [5.74, 6) is 0. The van der Waals surface area contributed by atoms with Crippen molar-refractivity contribution >= 4 is 0 Å². The van der Waals surface area contributed by atoms with Crippen LogP contribution in [0.25, 0.3) is 0 Å². The Labute approximate surface area is 142 Å². The molecule has 0 atom stereocenters. The summed E-state index contributed by atoms with van der Waals surface area (Å²) in [6.07, 6.45) is 27.3. The van der Waals surface area contributed by atoms with Crippen LogP contribution in [0.2, 0.25) is 0 Å². The molecule has 0 amide bonds. The Kier molecular flexibility index (Phi) is 2.38. The standard InChI is InChI=1S/C24H18/c1-3-7-17-9-15(5-1)11-19-13-20-12-16-6-2-4-8-18(10-16)22-14-21(17)23(19)24(20)22/h1-8,11-12H,9-10,13-14H2. The zero-order valence-corrected chi connectivity index (χ0v) is 13.6. The van der Waals surface area contributed by atoms with Gasteiger partial charge in [0.25, 0.3) is 0 Å². The van der Waals surface area contributed by atoms with Crippen molar-refractivity contribution in [1.29, 1.82) is 0 Å². The second-order valence-electron chi connectivity index (χ2n) is 7.39. The van der Waals surface area contributed by atoms with Crippen LogP contribution < -0.4 is 0 Å². The summed E-state index contributed by atoms with van der Waals surface area (Å²) >= 11 is 0. The molecular weight excluding hydrogens is 288 g/mol. The Morgan fingerprint density at radius 3 is 1.50 bits per heavy atom. The summed E-state index contributed by atoms with van der Waals surface area (Å²) < 4.78 is 0. The molecule has 114 valence electrons. The monoisotopic (exact) mass is 306 g/mol. The van der Waals surface area contributed by atoms with Crippen LogP contribution in [-0.2, 0) is 0 Å². The molecule has 6 aliphatic rings. The first-order valence-electron chi connectivity index (χ1n) is 8.89. The summed E-state index contributed by atoms with van der Waals surface area (Å²) in [5, 5.41) is 0. The van der Waals surface area contributed by atoms with Crippen LogP contribution in [0.1, 0.15) is 25.7 Å². The summed E-state index contributed by atoms with van der Waals surface area (Å²) in [6, 6.07) is 0. The Morgan fingerprint density at radius 2 is 0.958 bits per heavy atom. The highest BCUT2D eigenvalue weighted by molar-refractivity contribution is 5.80. The average Bonchev–Trinajstić information content (AvgIpc) is 2.80. The topological polar surface area (TPSA) is 0 Å². The highest BCUT2D eigenvalue weighted by Crippen LogP contribution is 2.56. The quantitative estimate of drug-likeness (QED) is 0.523. The van der Waals surface area contributed by atoms with Crippen LogP contribution >= 0.6 is 0 Å². The van der Waals surface area contributed by atoms with Gasteiger partial charge < -0.3 is 0 Å². The van der Waals surface area contributed by atoms with Gasteiger partial charge in [0.1, 0.15) is 0 Å². The fourth-order valence-corrected chi connectivity index (χ4v) is 4.98. The van der Waals surface area contributed by atoms with E-state index in [1.807, 2.05) is 0 Å². The van der Waals surface area contributed by atoms with Crippen LogP contribution in [-0.4, -0.2) is 0 Å². The number of hydrogen-bond acceptors (Lipinski definition) is 0. The molecule has 6 rings (SSSR count). The summed E-state index contributed by atoms with van der Waals surface area (Å²) in [6.45, 7) is 0. The van der Waals surface area contributed by atoms with Gasteiger partial charge in [-0.3, -0.25) is 0 Å². The van der Waals surface area contributed by atoms with E-state index in [4.69, 9.17) is 0 Å². The molecule has 0 nitrogen and oxygen atoms in total. The SMILES string of the molecule is C1=CC=C2CC(=C1)C=C1CC3=CC4=CC=CC=C(C4)C4=C3C1=C2C4. The van der Waals surface area contributed by atoms with Crippen LogP contribution in [0.15, 0.2) is 116 Å². The summed E-state index contributed by atoms with van der Waals surface area (Å²) in [4.78, 5) is 0. The van der Waals surface area contributed by atoms with Crippen molar-refractivity contribution in [2.75, 3.05) is 0 Å². The van der Waals surface area contributed by atoms with Crippen LogP contribution in [0.4, 0.5) is 0 Å². The van der Waals surface area contributed by atoms with Crippen molar-refractivity contribution in [3.63, 3.8) is 0 Å². The molecule has 0 aromatic rings. The second-order valence-corrected chi connectivity index (χ2v) is 7.39. The molecule has 6 aliphatic carbocycles.